The van der Waals surface area contributed by atoms with Crippen molar-refractivity contribution in [1.29, 1.82) is 0 Å². The van der Waals surface area contributed by atoms with E-state index in [-0.39, 0.29) is 12.5 Å². The first-order chi connectivity index (χ1) is 12.0. The van der Waals surface area contributed by atoms with Gasteiger partial charge in [-0.2, -0.15) is 0 Å². The molecule has 0 fully saturated rings. The van der Waals surface area contributed by atoms with Crippen LogP contribution in [0.2, 0.25) is 5.02 Å². The van der Waals surface area contributed by atoms with E-state index in [0.717, 1.165) is 11.3 Å². The lowest BCUT2D eigenvalue weighted by Gasteiger charge is -2.15. The molecule has 0 aliphatic rings. The second kappa shape index (κ2) is 8.48. The number of hydrogen-bond donors (Lipinski definition) is 2. The number of ether oxygens (including phenoxy) is 3. The quantitative estimate of drug-likeness (QED) is 0.783. The Morgan fingerprint density at radius 1 is 1.04 bits per heavy atom. The van der Waals surface area contributed by atoms with Crippen LogP contribution in [0.5, 0.6) is 17.2 Å². The van der Waals surface area contributed by atoms with Gasteiger partial charge in [0.05, 0.1) is 27.9 Å². The van der Waals surface area contributed by atoms with Gasteiger partial charge in [0.2, 0.25) is 11.7 Å². The summed E-state index contributed by atoms with van der Waals surface area (Å²) in [6.07, 6.45) is 0. The van der Waals surface area contributed by atoms with Crippen LogP contribution in [0.25, 0.3) is 0 Å². The Balaban J connectivity index is 2.08. The normalized spacial score (nSPS) is 10.1. The number of methoxy groups -OCH3 is 3. The Morgan fingerprint density at radius 3 is 2.24 bits per heavy atom. The molecule has 2 rings (SSSR count). The van der Waals surface area contributed by atoms with Crippen LogP contribution < -0.4 is 24.8 Å². The van der Waals surface area contributed by atoms with Gasteiger partial charge in [0.1, 0.15) is 0 Å². The van der Waals surface area contributed by atoms with Crippen LogP contribution in [-0.2, 0) is 4.79 Å². The summed E-state index contributed by atoms with van der Waals surface area (Å²) in [6.45, 7) is 2.04. The fraction of sp³-hybridized carbons (Fsp3) is 0.278. The fourth-order valence-electron chi connectivity index (χ4n) is 2.32. The molecule has 2 aromatic rings. The number of aryl methyl sites for hydroxylation is 1. The molecule has 0 saturated heterocycles. The third-order valence-electron chi connectivity index (χ3n) is 3.59. The molecule has 2 aromatic carbocycles. The number of carbonyl (C=O) groups is 1. The molecule has 7 heteroatoms. The minimum Gasteiger partial charge on any atom is -0.493 e. The fourth-order valence-corrected chi connectivity index (χ4v) is 2.49. The van der Waals surface area contributed by atoms with E-state index in [1.807, 2.05) is 13.0 Å². The van der Waals surface area contributed by atoms with E-state index in [1.54, 1.807) is 24.3 Å². The molecule has 0 saturated carbocycles. The average molecular weight is 365 g/mol. The van der Waals surface area contributed by atoms with Crippen molar-refractivity contribution in [3.63, 3.8) is 0 Å². The summed E-state index contributed by atoms with van der Waals surface area (Å²) < 4.78 is 15.8. The predicted molar refractivity (Wildman–Crippen MR) is 99.4 cm³/mol. The average Bonchev–Trinajstić information content (AvgIpc) is 2.61. The van der Waals surface area contributed by atoms with Gasteiger partial charge in [-0.1, -0.05) is 17.7 Å². The number of carbonyl (C=O) groups excluding carboxylic acids is 1. The van der Waals surface area contributed by atoms with Gasteiger partial charge in [0, 0.05) is 28.5 Å². The highest BCUT2D eigenvalue weighted by Crippen LogP contribution is 2.39. The first-order valence-corrected chi connectivity index (χ1v) is 7.96. The van der Waals surface area contributed by atoms with Crippen LogP contribution in [0.3, 0.4) is 0 Å². The summed E-state index contributed by atoms with van der Waals surface area (Å²) in [4.78, 5) is 12.2. The Hall–Kier alpha value is -2.60. The minimum absolute atomic E-state index is 0.0951. The number of benzene rings is 2. The first-order valence-electron chi connectivity index (χ1n) is 7.58. The number of halogens is 1. The monoisotopic (exact) mass is 364 g/mol. The van der Waals surface area contributed by atoms with Gasteiger partial charge in [0.25, 0.3) is 0 Å². The SMILES string of the molecule is COc1cc(NC(=O)CNc2cc(Cl)ccc2C)cc(OC)c1OC. The van der Waals surface area contributed by atoms with E-state index in [9.17, 15) is 4.79 Å². The van der Waals surface area contributed by atoms with Gasteiger partial charge in [-0.25, -0.2) is 0 Å². The third-order valence-corrected chi connectivity index (χ3v) is 3.82. The van der Waals surface area contributed by atoms with Gasteiger partial charge in [0.15, 0.2) is 11.5 Å². The summed E-state index contributed by atoms with van der Waals surface area (Å²) in [5.74, 6) is 1.19. The largest absolute Gasteiger partial charge is 0.493 e. The smallest absolute Gasteiger partial charge is 0.243 e. The maximum atomic E-state index is 12.2. The van der Waals surface area contributed by atoms with Crippen molar-refractivity contribution in [2.75, 3.05) is 38.5 Å². The zero-order valence-electron chi connectivity index (χ0n) is 14.6. The number of rotatable bonds is 7. The number of amides is 1. The maximum Gasteiger partial charge on any atom is 0.243 e. The third kappa shape index (κ3) is 4.70. The van der Waals surface area contributed by atoms with Crippen molar-refractivity contribution in [3.05, 3.63) is 40.9 Å². The molecular weight excluding hydrogens is 344 g/mol. The van der Waals surface area contributed by atoms with Crippen LogP contribution in [0.15, 0.2) is 30.3 Å². The second-order valence-corrected chi connectivity index (χ2v) is 5.71. The lowest BCUT2D eigenvalue weighted by atomic mass is 10.2. The van der Waals surface area contributed by atoms with E-state index in [2.05, 4.69) is 10.6 Å². The van der Waals surface area contributed by atoms with Crippen LogP contribution in [0, 0.1) is 6.92 Å². The minimum atomic E-state index is -0.214. The Labute approximate surface area is 152 Å². The highest BCUT2D eigenvalue weighted by atomic mass is 35.5. The van der Waals surface area contributed by atoms with Gasteiger partial charge >= 0.3 is 0 Å². The first kappa shape index (κ1) is 18.7. The highest BCUT2D eigenvalue weighted by molar-refractivity contribution is 6.30. The Morgan fingerprint density at radius 2 is 1.68 bits per heavy atom. The summed E-state index contributed by atoms with van der Waals surface area (Å²) >= 11 is 5.98. The molecule has 2 N–H and O–H groups in total. The van der Waals surface area contributed by atoms with Gasteiger partial charge < -0.3 is 24.8 Å². The lowest BCUT2D eigenvalue weighted by Crippen LogP contribution is -2.22. The van der Waals surface area contributed by atoms with Crippen molar-refractivity contribution < 1.29 is 19.0 Å². The van der Waals surface area contributed by atoms with Crippen LogP contribution >= 0.6 is 11.6 Å². The second-order valence-electron chi connectivity index (χ2n) is 5.27. The molecule has 0 bridgehead atoms. The van der Waals surface area contributed by atoms with E-state index in [0.29, 0.717) is 28.0 Å². The van der Waals surface area contributed by atoms with Crippen molar-refractivity contribution in [1.82, 2.24) is 0 Å². The van der Waals surface area contributed by atoms with E-state index >= 15 is 0 Å². The van der Waals surface area contributed by atoms with Crippen LogP contribution in [0.1, 0.15) is 5.56 Å². The molecule has 1 amide bonds. The summed E-state index contributed by atoms with van der Waals surface area (Å²) in [5, 5.41) is 6.48. The maximum absolute atomic E-state index is 12.2. The number of nitrogens with one attached hydrogen (secondary N) is 2. The number of anilines is 2. The molecular formula is C18H21ClN2O4. The molecule has 0 spiro atoms. The zero-order valence-corrected chi connectivity index (χ0v) is 15.4. The zero-order chi connectivity index (χ0) is 18.4. The van der Waals surface area contributed by atoms with Crippen molar-refractivity contribution in [2.24, 2.45) is 0 Å². The van der Waals surface area contributed by atoms with Crippen molar-refractivity contribution in [2.45, 2.75) is 6.92 Å². The number of hydrogen-bond acceptors (Lipinski definition) is 5. The molecule has 0 aromatic heterocycles. The summed E-state index contributed by atoms with van der Waals surface area (Å²) in [7, 11) is 4.56. The van der Waals surface area contributed by atoms with Crippen molar-refractivity contribution in [3.8, 4) is 17.2 Å². The topological polar surface area (TPSA) is 68.8 Å². The predicted octanol–water partition coefficient (Wildman–Crippen LogP) is 3.72. The van der Waals surface area contributed by atoms with Gasteiger partial charge in [-0.15, -0.1) is 0 Å². The van der Waals surface area contributed by atoms with Crippen LogP contribution in [0.4, 0.5) is 11.4 Å². The summed E-state index contributed by atoms with van der Waals surface area (Å²) in [5.41, 5.74) is 2.36. The molecule has 25 heavy (non-hydrogen) atoms. The molecule has 6 nitrogen and oxygen atoms in total. The summed E-state index contributed by atoms with van der Waals surface area (Å²) in [6, 6.07) is 8.82. The Bertz CT molecular complexity index is 740. The highest BCUT2D eigenvalue weighted by Gasteiger charge is 2.14. The van der Waals surface area contributed by atoms with Gasteiger partial charge in [-0.05, 0) is 24.6 Å². The molecule has 0 aliphatic heterocycles. The molecule has 0 radical (unpaired) electrons. The molecule has 0 aliphatic carbocycles. The molecule has 134 valence electrons. The molecule has 0 atom stereocenters. The molecule has 0 unspecified atom stereocenters. The van der Waals surface area contributed by atoms with E-state index < -0.39 is 0 Å². The lowest BCUT2D eigenvalue weighted by molar-refractivity contribution is -0.114. The Kier molecular flexibility index (Phi) is 6.36. The van der Waals surface area contributed by atoms with Crippen LogP contribution in [-0.4, -0.2) is 33.8 Å². The van der Waals surface area contributed by atoms with Crippen molar-refractivity contribution >= 4 is 28.9 Å². The standard InChI is InChI=1S/C18H21ClN2O4/c1-11-5-6-12(19)7-14(11)20-10-17(22)21-13-8-15(23-2)18(25-4)16(9-13)24-3/h5-9,20H,10H2,1-4H3,(H,21,22). The van der Waals surface area contributed by atoms with E-state index in [4.69, 9.17) is 25.8 Å². The molecule has 0 heterocycles. The van der Waals surface area contributed by atoms with Gasteiger partial charge in [-0.3, -0.25) is 4.79 Å². The van der Waals surface area contributed by atoms with E-state index in [1.165, 1.54) is 21.3 Å².